The van der Waals surface area contributed by atoms with Crippen LogP contribution in [-0.4, -0.2) is 40.9 Å². The Balaban J connectivity index is 2.39. The van der Waals surface area contributed by atoms with E-state index in [1.54, 1.807) is 0 Å². The number of halogens is 1. The monoisotopic (exact) mass is 219 g/mol. The Morgan fingerprint density at radius 2 is 2.31 bits per heavy atom. The number of thioether (sulfide) groups is 1. The molecule has 1 nitrogen and oxygen atoms in total. The van der Waals surface area contributed by atoms with E-state index in [1.807, 2.05) is 0 Å². The summed E-state index contributed by atoms with van der Waals surface area (Å²) in [4.78, 5) is 2.45. The van der Waals surface area contributed by atoms with Crippen LogP contribution in [0, 0.1) is 0 Å². The second kappa shape index (κ2) is 4.72. The van der Waals surface area contributed by atoms with Crippen LogP contribution in [0.1, 0.15) is 13.8 Å². The van der Waals surface area contributed by atoms with Gasteiger partial charge in [-0.25, -0.2) is 0 Å². The number of rotatable bonds is 3. The van der Waals surface area contributed by atoms with Crippen molar-refractivity contribution in [3.05, 3.63) is 12.2 Å². The Hall–Kier alpha value is 0.340. The fourth-order valence-corrected chi connectivity index (χ4v) is 2.87. The normalized spacial score (nSPS) is 23.0. The first-order valence-electron chi connectivity index (χ1n) is 4.62. The highest BCUT2D eigenvalue weighted by Crippen LogP contribution is 2.29. The minimum Gasteiger partial charge on any atom is -0.297 e. The van der Waals surface area contributed by atoms with Gasteiger partial charge in [0, 0.05) is 36.0 Å². The molecule has 1 saturated heterocycles. The molecule has 1 heterocycles. The van der Waals surface area contributed by atoms with Gasteiger partial charge in [-0.15, -0.1) is 11.6 Å². The Morgan fingerprint density at radius 1 is 1.62 bits per heavy atom. The quantitative estimate of drug-likeness (QED) is 0.531. The van der Waals surface area contributed by atoms with Crippen LogP contribution in [0.5, 0.6) is 0 Å². The molecule has 1 aliphatic rings. The van der Waals surface area contributed by atoms with Crippen LogP contribution in [0.15, 0.2) is 12.2 Å². The third-order valence-electron chi connectivity index (χ3n) is 2.14. The Kier molecular flexibility index (Phi) is 4.14. The van der Waals surface area contributed by atoms with Gasteiger partial charge < -0.3 is 0 Å². The maximum atomic E-state index is 5.71. The third-order valence-corrected chi connectivity index (χ3v) is 3.82. The molecule has 0 spiro atoms. The molecule has 0 radical (unpaired) electrons. The Morgan fingerprint density at radius 3 is 2.85 bits per heavy atom. The van der Waals surface area contributed by atoms with Gasteiger partial charge in [0.05, 0.1) is 0 Å². The summed E-state index contributed by atoms with van der Waals surface area (Å²) >= 11 is 7.77. The molecule has 0 N–H and O–H groups in total. The van der Waals surface area contributed by atoms with E-state index < -0.39 is 0 Å². The van der Waals surface area contributed by atoms with Crippen molar-refractivity contribution < 1.29 is 0 Å². The van der Waals surface area contributed by atoms with Crippen molar-refractivity contribution in [3.63, 3.8) is 0 Å². The van der Waals surface area contributed by atoms with Crippen LogP contribution in [-0.2, 0) is 0 Å². The summed E-state index contributed by atoms with van der Waals surface area (Å²) < 4.78 is 0.394. The molecule has 1 aliphatic heterocycles. The van der Waals surface area contributed by atoms with Crippen LogP contribution in [0.3, 0.4) is 0 Å². The van der Waals surface area contributed by atoms with Crippen molar-refractivity contribution >= 4 is 23.4 Å². The first kappa shape index (κ1) is 11.4. The molecule has 1 rings (SSSR count). The van der Waals surface area contributed by atoms with E-state index in [9.17, 15) is 0 Å². The van der Waals surface area contributed by atoms with E-state index in [1.165, 1.54) is 12.3 Å². The first-order valence-corrected chi connectivity index (χ1v) is 6.14. The fourth-order valence-electron chi connectivity index (χ4n) is 1.61. The highest BCUT2D eigenvalue weighted by molar-refractivity contribution is 8.00. The van der Waals surface area contributed by atoms with Gasteiger partial charge >= 0.3 is 0 Å². The van der Waals surface area contributed by atoms with E-state index >= 15 is 0 Å². The largest absolute Gasteiger partial charge is 0.297 e. The van der Waals surface area contributed by atoms with Gasteiger partial charge in [-0.2, -0.15) is 11.8 Å². The molecular weight excluding hydrogens is 202 g/mol. The first-order chi connectivity index (χ1) is 6.03. The van der Waals surface area contributed by atoms with Crippen molar-refractivity contribution in [1.82, 2.24) is 4.90 Å². The molecule has 0 aliphatic carbocycles. The van der Waals surface area contributed by atoms with E-state index in [4.69, 9.17) is 11.6 Å². The maximum absolute atomic E-state index is 5.71. The van der Waals surface area contributed by atoms with Gasteiger partial charge in [0.1, 0.15) is 0 Å². The molecule has 0 amide bonds. The third kappa shape index (κ3) is 3.92. The molecule has 13 heavy (non-hydrogen) atoms. The summed E-state index contributed by atoms with van der Waals surface area (Å²) in [6.45, 7) is 11.8. The molecule has 0 bridgehead atoms. The molecule has 0 aromatic heterocycles. The van der Waals surface area contributed by atoms with Crippen molar-refractivity contribution in [3.8, 4) is 0 Å². The molecular formula is C10H18ClNS. The van der Waals surface area contributed by atoms with Crippen LogP contribution < -0.4 is 0 Å². The topological polar surface area (TPSA) is 3.24 Å². The van der Waals surface area contributed by atoms with Crippen molar-refractivity contribution in [2.45, 2.75) is 18.6 Å². The Bertz CT molecular complexity index is 191. The fraction of sp³-hybridized carbons (Fsp3) is 0.800. The SMILES string of the molecule is C=C(CCl)CN1CCSC(C)(C)C1. The van der Waals surface area contributed by atoms with Crippen LogP contribution in [0.2, 0.25) is 0 Å². The lowest BCUT2D eigenvalue weighted by Gasteiger charge is -2.37. The molecule has 0 aromatic rings. The molecule has 0 unspecified atom stereocenters. The van der Waals surface area contributed by atoms with Crippen LogP contribution in [0.4, 0.5) is 0 Å². The zero-order valence-electron chi connectivity index (χ0n) is 8.48. The average molecular weight is 220 g/mol. The van der Waals surface area contributed by atoms with E-state index in [2.05, 4.69) is 37.1 Å². The molecule has 76 valence electrons. The van der Waals surface area contributed by atoms with Crippen LogP contribution >= 0.6 is 23.4 Å². The molecule has 0 aromatic carbocycles. The molecule has 0 atom stereocenters. The zero-order valence-corrected chi connectivity index (χ0v) is 10.0. The van der Waals surface area contributed by atoms with Gasteiger partial charge in [-0.1, -0.05) is 6.58 Å². The molecule has 3 heteroatoms. The minimum absolute atomic E-state index is 0.394. The summed E-state index contributed by atoms with van der Waals surface area (Å²) in [5, 5.41) is 0. The van der Waals surface area contributed by atoms with E-state index in [-0.39, 0.29) is 0 Å². The second-order valence-electron chi connectivity index (χ2n) is 4.20. The van der Waals surface area contributed by atoms with Crippen molar-refractivity contribution in [1.29, 1.82) is 0 Å². The van der Waals surface area contributed by atoms with Crippen molar-refractivity contribution in [2.75, 3.05) is 31.3 Å². The maximum Gasteiger partial charge on any atom is 0.0443 e. The number of alkyl halides is 1. The standard InChI is InChI=1S/C10H18ClNS/c1-9(6-11)7-12-4-5-13-10(2,3)8-12/h1,4-8H2,2-3H3. The smallest absolute Gasteiger partial charge is 0.0443 e. The number of hydrogen-bond donors (Lipinski definition) is 0. The summed E-state index contributed by atoms with van der Waals surface area (Å²) in [5.74, 6) is 1.81. The summed E-state index contributed by atoms with van der Waals surface area (Å²) in [6.07, 6.45) is 0. The zero-order chi connectivity index (χ0) is 9.90. The Labute approximate surface area is 90.5 Å². The van der Waals surface area contributed by atoms with E-state index in [0.717, 1.165) is 18.7 Å². The minimum atomic E-state index is 0.394. The predicted molar refractivity (Wildman–Crippen MR) is 62.8 cm³/mol. The number of hydrogen-bond acceptors (Lipinski definition) is 2. The highest BCUT2D eigenvalue weighted by Gasteiger charge is 2.26. The summed E-state index contributed by atoms with van der Waals surface area (Å²) in [6, 6.07) is 0. The average Bonchev–Trinajstić information content (AvgIpc) is 2.02. The van der Waals surface area contributed by atoms with Crippen LogP contribution in [0.25, 0.3) is 0 Å². The number of nitrogens with zero attached hydrogens (tertiary/aromatic N) is 1. The highest BCUT2D eigenvalue weighted by atomic mass is 35.5. The van der Waals surface area contributed by atoms with Gasteiger partial charge in [0.25, 0.3) is 0 Å². The lowest BCUT2D eigenvalue weighted by molar-refractivity contribution is 0.281. The lowest BCUT2D eigenvalue weighted by atomic mass is 10.1. The van der Waals surface area contributed by atoms with Gasteiger partial charge in [0.15, 0.2) is 0 Å². The molecule has 0 saturated carbocycles. The summed E-state index contributed by atoms with van der Waals surface area (Å²) in [5.41, 5.74) is 1.13. The van der Waals surface area contributed by atoms with E-state index in [0.29, 0.717) is 10.6 Å². The lowest BCUT2D eigenvalue weighted by Crippen LogP contribution is -2.43. The van der Waals surface area contributed by atoms with Gasteiger partial charge in [0.2, 0.25) is 0 Å². The van der Waals surface area contributed by atoms with Gasteiger partial charge in [-0.3, -0.25) is 4.90 Å². The second-order valence-corrected chi connectivity index (χ2v) is 6.27. The molecule has 1 fully saturated rings. The predicted octanol–water partition coefficient (Wildman–Crippen LogP) is 2.61. The van der Waals surface area contributed by atoms with Gasteiger partial charge in [-0.05, 0) is 19.4 Å². The summed E-state index contributed by atoms with van der Waals surface area (Å²) in [7, 11) is 0. The van der Waals surface area contributed by atoms with Crippen molar-refractivity contribution in [2.24, 2.45) is 0 Å².